The lowest BCUT2D eigenvalue weighted by atomic mass is 10.1. The second-order valence-electron chi connectivity index (χ2n) is 5.25. The van der Waals surface area contributed by atoms with Gasteiger partial charge < -0.3 is 5.32 Å². The third-order valence-corrected chi connectivity index (χ3v) is 3.58. The maximum Gasteiger partial charge on any atom is 0.255 e. The van der Waals surface area contributed by atoms with Crippen molar-refractivity contribution in [3.8, 4) is 11.3 Å². The number of aromatic nitrogens is 4. The summed E-state index contributed by atoms with van der Waals surface area (Å²) in [5.41, 5.74) is 4.64. The average molecular weight is 307 g/mol. The lowest BCUT2D eigenvalue weighted by Gasteiger charge is -2.06. The SMILES string of the molecule is Cc1n[nH]c(C)c1C(=O)NCc1cc(-c2ccccc2)ncn1. The minimum atomic E-state index is -0.159. The number of hydrogen-bond donors (Lipinski definition) is 2. The molecule has 0 spiro atoms. The van der Waals surface area contributed by atoms with Gasteiger partial charge in [-0.1, -0.05) is 30.3 Å². The van der Waals surface area contributed by atoms with Crippen molar-refractivity contribution in [1.29, 1.82) is 0 Å². The smallest absolute Gasteiger partial charge is 0.255 e. The van der Waals surface area contributed by atoms with Crippen LogP contribution >= 0.6 is 0 Å². The zero-order chi connectivity index (χ0) is 16.2. The van der Waals surface area contributed by atoms with Crippen molar-refractivity contribution in [3.63, 3.8) is 0 Å². The van der Waals surface area contributed by atoms with Gasteiger partial charge in [-0.2, -0.15) is 5.10 Å². The van der Waals surface area contributed by atoms with E-state index in [0.717, 1.165) is 22.6 Å². The van der Waals surface area contributed by atoms with E-state index >= 15 is 0 Å². The second-order valence-corrected chi connectivity index (χ2v) is 5.25. The third-order valence-electron chi connectivity index (χ3n) is 3.58. The first-order valence-corrected chi connectivity index (χ1v) is 7.31. The number of H-pyrrole nitrogens is 1. The lowest BCUT2D eigenvalue weighted by molar-refractivity contribution is 0.0949. The number of hydrogen-bond acceptors (Lipinski definition) is 4. The molecular weight excluding hydrogens is 290 g/mol. The van der Waals surface area contributed by atoms with Crippen LogP contribution < -0.4 is 5.32 Å². The summed E-state index contributed by atoms with van der Waals surface area (Å²) in [7, 11) is 0. The van der Waals surface area contributed by atoms with Gasteiger partial charge in [0.1, 0.15) is 6.33 Å². The first-order valence-electron chi connectivity index (χ1n) is 7.31. The molecule has 0 atom stereocenters. The molecule has 6 heteroatoms. The monoisotopic (exact) mass is 307 g/mol. The zero-order valence-corrected chi connectivity index (χ0v) is 13.0. The van der Waals surface area contributed by atoms with Crippen LogP contribution in [0.25, 0.3) is 11.3 Å². The van der Waals surface area contributed by atoms with Gasteiger partial charge in [-0.25, -0.2) is 9.97 Å². The van der Waals surface area contributed by atoms with E-state index in [0.29, 0.717) is 17.8 Å². The fraction of sp³-hybridized carbons (Fsp3) is 0.176. The molecule has 3 rings (SSSR count). The molecule has 0 bridgehead atoms. The molecule has 2 N–H and O–H groups in total. The Morgan fingerprint density at radius 2 is 1.96 bits per heavy atom. The summed E-state index contributed by atoms with van der Waals surface area (Å²) >= 11 is 0. The molecule has 0 aliphatic carbocycles. The molecular formula is C17H17N5O. The van der Waals surface area contributed by atoms with Crippen LogP contribution in [0.2, 0.25) is 0 Å². The van der Waals surface area contributed by atoms with E-state index in [4.69, 9.17) is 0 Å². The number of aromatic amines is 1. The highest BCUT2D eigenvalue weighted by atomic mass is 16.1. The summed E-state index contributed by atoms with van der Waals surface area (Å²) < 4.78 is 0. The van der Waals surface area contributed by atoms with Crippen LogP contribution in [0, 0.1) is 13.8 Å². The minimum Gasteiger partial charge on any atom is -0.346 e. The van der Waals surface area contributed by atoms with E-state index in [9.17, 15) is 4.79 Å². The van der Waals surface area contributed by atoms with Crippen LogP contribution in [0.5, 0.6) is 0 Å². The Morgan fingerprint density at radius 3 is 2.65 bits per heavy atom. The molecule has 116 valence electrons. The zero-order valence-electron chi connectivity index (χ0n) is 13.0. The van der Waals surface area contributed by atoms with Crippen molar-refractivity contribution in [2.75, 3.05) is 0 Å². The molecule has 23 heavy (non-hydrogen) atoms. The van der Waals surface area contributed by atoms with Crippen molar-refractivity contribution in [1.82, 2.24) is 25.5 Å². The molecule has 2 heterocycles. The molecule has 0 aliphatic rings. The predicted molar refractivity (Wildman–Crippen MR) is 86.7 cm³/mol. The molecule has 1 aromatic carbocycles. The Morgan fingerprint density at radius 1 is 1.17 bits per heavy atom. The molecule has 0 radical (unpaired) electrons. The molecule has 0 aliphatic heterocycles. The van der Waals surface area contributed by atoms with E-state index in [1.807, 2.05) is 43.3 Å². The molecule has 0 saturated carbocycles. The Labute approximate surface area is 134 Å². The van der Waals surface area contributed by atoms with Gasteiger partial charge in [-0.15, -0.1) is 0 Å². The molecule has 0 saturated heterocycles. The first-order chi connectivity index (χ1) is 11.1. The summed E-state index contributed by atoms with van der Waals surface area (Å²) in [5, 5.41) is 9.72. The molecule has 6 nitrogen and oxygen atoms in total. The summed E-state index contributed by atoms with van der Waals surface area (Å²) in [6.45, 7) is 3.97. The largest absolute Gasteiger partial charge is 0.346 e. The van der Waals surface area contributed by atoms with Crippen LogP contribution in [0.1, 0.15) is 27.4 Å². The van der Waals surface area contributed by atoms with E-state index in [2.05, 4.69) is 25.5 Å². The molecule has 1 amide bonds. The van der Waals surface area contributed by atoms with Gasteiger partial charge in [-0.05, 0) is 19.9 Å². The Balaban J connectivity index is 1.73. The van der Waals surface area contributed by atoms with E-state index in [1.54, 1.807) is 6.92 Å². The maximum absolute atomic E-state index is 12.3. The highest BCUT2D eigenvalue weighted by molar-refractivity contribution is 5.96. The number of carbonyl (C=O) groups is 1. The van der Waals surface area contributed by atoms with Gasteiger partial charge in [-0.3, -0.25) is 9.89 Å². The summed E-state index contributed by atoms with van der Waals surface area (Å²) in [5.74, 6) is -0.159. The topological polar surface area (TPSA) is 83.6 Å². The Bertz CT molecular complexity index is 807. The van der Waals surface area contributed by atoms with Crippen LogP contribution in [-0.2, 0) is 6.54 Å². The standard InChI is InChI=1S/C17H17N5O/c1-11-16(12(2)22-21-11)17(23)18-9-14-8-15(20-10-19-14)13-6-4-3-5-7-13/h3-8,10H,9H2,1-2H3,(H,18,23)(H,21,22). The minimum absolute atomic E-state index is 0.159. The van der Waals surface area contributed by atoms with Crippen molar-refractivity contribution in [2.24, 2.45) is 0 Å². The number of carbonyl (C=O) groups excluding carboxylic acids is 1. The van der Waals surface area contributed by atoms with Crippen LogP contribution in [-0.4, -0.2) is 26.1 Å². The van der Waals surface area contributed by atoms with Crippen LogP contribution in [0.4, 0.5) is 0 Å². The summed E-state index contributed by atoms with van der Waals surface area (Å²) in [6, 6.07) is 11.7. The third kappa shape index (κ3) is 3.26. The van der Waals surface area contributed by atoms with Crippen molar-refractivity contribution in [2.45, 2.75) is 20.4 Å². The number of benzene rings is 1. The van der Waals surface area contributed by atoms with Crippen LogP contribution in [0.3, 0.4) is 0 Å². The molecule has 0 fully saturated rings. The number of nitrogens with one attached hydrogen (secondary N) is 2. The van der Waals surface area contributed by atoms with Gasteiger partial charge in [0, 0.05) is 11.3 Å². The van der Waals surface area contributed by atoms with Gasteiger partial charge >= 0.3 is 0 Å². The molecule has 2 aromatic heterocycles. The van der Waals surface area contributed by atoms with Gasteiger partial charge in [0.05, 0.1) is 29.2 Å². The molecule has 3 aromatic rings. The Kier molecular flexibility index (Phi) is 4.14. The van der Waals surface area contributed by atoms with Crippen molar-refractivity contribution < 1.29 is 4.79 Å². The maximum atomic E-state index is 12.3. The number of nitrogens with zero attached hydrogens (tertiary/aromatic N) is 3. The number of amides is 1. The first kappa shape index (κ1) is 14.9. The normalized spacial score (nSPS) is 10.5. The predicted octanol–water partition coefficient (Wildman–Crippen LogP) is 2.41. The van der Waals surface area contributed by atoms with E-state index < -0.39 is 0 Å². The average Bonchev–Trinajstić information content (AvgIpc) is 2.92. The summed E-state index contributed by atoms with van der Waals surface area (Å²) in [6.07, 6.45) is 1.51. The van der Waals surface area contributed by atoms with Gasteiger partial charge in [0.25, 0.3) is 5.91 Å². The van der Waals surface area contributed by atoms with Crippen molar-refractivity contribution in [3.05, 3.63) is 65.4 Å². The summed E-state index contributed by atoms with van der Waals surface area (Å²) in [4.78, 5) is 20.8. The Hall–Kier alpha value is -3.02. The van der Waals surface area contributed by atoms with Gasteiger partial charge in [0.15, 0.2) is 0 Å². The fourth-order valence-electron chi connectivity index (χ4n) is 2.41. The number of rotatable bonds is 4. The van der Waals surface area contributed by atoms with E-state index in [1.165, 1.54) is 6.33 Å². The van der Waals surface area contributed by atoms with Gasteiger partial charge in [0.2, 0.25) is 0 Å². The molecule has 0 unspecified atom stereocenters. The van der Waals surface area contributed by atoms with Crippen LogP contribution in [0.15, 0.2) is 42.7 Å². The number of aryl methyl sites for hydroxylation is 2. The second kappa shape index (κ2) is 6.39. The lowest BCUT2D eigenvalue weighted by Crippen LogP contribution is -2.24. The van der Waals surface area contributed by atoms with Crippen molar-refractivity contribution >= 4 is 5.91 Å². The highest BCUT2D eigenvalue weighted by Gasteiger charge is 2.15. The quantitative estimate of drug-likeness (QED) is 0.775. The van der Waals surface area contributed by atoms with E-state index in [-0.39, 0.29) is 5.91 Å². The highest BCUT2D eigenvalue weighted by Crippen LogP contribution is 2.16. The fourth-order valence-corrected chi connectivity index (χ4v) is 2.41.